The molecule has 1 aliphatic heterocycles. The molecule has 4 rings (SSSR count). The van der Waals surface area contributed by atoms with E-state index in [1.54, 1.807) is 36.7 Å². The summed E-state index contributed by atoms with van der Waals surface area (Å²) in [7, 11) is -3.48. The minimum Gasteiger partial charge on any atom is -0.593 e. The first-order valence-electron chi connectivity index (χ1n) is 9.74. The Balaban J connectivity index is 1.37. The number of likely N-dealkylation sites (tertiary alicyclic amines) is 1. The molecular formula is C22H24N4O2S. The van der Waals surface area contributed by atoms with Gasteiger partial charge in [-0.15, -0.1) is 4.72 Å². The lowest BCUT2D eigenvalue weighted by atomic mass is 10.0. The van der Waals surface area contributed by atoms with Crippen LogP contribution in [-0.2, 0) is 21.2 Å². The SMILES string of the molecule is O=[S+]([O-])(NC1CCCN(Cc2ccc(-c3cncnc3)cc2)C1)c1ccccc1. The van der Waals surface area contributed by atoms with Crippen LogP contribution in [0, 0.1) is 0 Å². The highest BCUT2D eigenvalue weighted by molar-refractivity contribution is 7.95. The van der Waals surface area contributed by atoms with Crippen molar-refractivity contribution in [2.45, 2.75) is 30.3 Å². The summed E-state index contributed by atoms with van der Waals surface area (Å²) in [4.78, 5) is 10.7. The number of nitrogens with zero attached hydrogens (tertiary/aromatic N) is 3. The first-order chi connectivity index (χ1) is 14.1. The van der Waals surface area contributed by atoms with Gasteiger partial charge in [-0.3, -0.25) is 4.90 Å². The van der Waals surface area contributed by atoms with Gasteiger partial charge in [0.2, 0.25) is 0 Å². The van der Waals surface area contributed by atoms with E-state index in [4.69, 9.17) is 0 Å². The number of hydrogen-bond donors (Lipinski definition) is 1. The van der Waals surface area contributed by atoms with Crippen molar-refractivity contribution >= 4 is 10.4 Å². The van der Waals surface area contributed by atoms with Gasteiger partial charge in [-0.05, 0) is 42.6 Å². The maximum atomic E-state index is 12.6. The maximum Gasteiger partial charge on any atom is 0.175 e. The molecule has 0 amide bonds. The van der Waals surface area contributed by atoms with Gasteiger partial charge in [0, 0.05) is 31.0 Å². The van der Waals surface area contributed by atoms with Gasteiger partial charge < -0.3 is 4.55 Å². The third-order valence-corrected chi connectivity index (χ3v) is 6.67. The van der Waals surface area contributed by atoms with Gasteiger partial charge in [-0.1, -0.05) is 46.7 Å². The second kappa shape index (κ2) is 8.92. The Morgan fingerprint density at radius 3 is 2.48 bits per heavy atom. The van der Waals surface area contributed by atoms with E-state index in [0.29, 0.717) is 11.4 Å². The van der Waals surface area contributed by atoms with Crippen LogP contribution in [0.15, 0.2) is 78.2 Å². The molecule has 0 radical (unpaired) electrons. The zero-order valence-corrected chi connectivity index (χ0v) is 16.9. The normalized spacial score (nSPS) is 19.6. The molecule has 1 N–H and O–H groups in total. The van der Waals surface area contributed by atoms with Crippen molar-refractivity contribution in [3.05, 3.63) is 78.9 Å². The van der Waals surface area contributed by atoms with Crippen molar-refractivity contribution in [2.24, 2.45) is 0 Å². The summed E-state index contributed by atoms with van der Waals surface area (Å²) in [6.07, 6.45) is 6.96. The third kappa shape index (κ3) is 5.13. The molecule has 2 unspecified atom stereocenters. The van der Waals surface area contributed by atoms with Crippen LogP contribution in [0.2, 0.25) is 0 Å². The van der Waals surface area contributed by atoms with Gasteiger partial charge in [-0.25, -0.2) is 9.97 Å². The van der Waals surface area contributed by atoms with Crippen LogP contribution in [0.1, 0.15) is 18.4 Å². The lowest BCUT2D eigenvalue weighted by molar-refractivity contribution is 0.193. The molecular weight excluding hydrogens is 384 g/mol. The molecule has 2 heterocycles. The Bertz CT molecular complexity index is 967. The molecule has 1 fully saturated rings. The molecule has 0 bridgehead atoms. The molecule has 3 aromatic rings. The van der Waals surface area contributed by atoms with Crippen LogP contribution in [0.3, 0.4) is 0 Å². The second-order valence-electron chi connectivity index (χ2n) is 7.33. The van der Waals surface area contributed by atoms with Gasteiger partial charge in [0.05, 0.1) is 6.04 Å². The van der Waals surface area contributed by atoms with E-state index in [9.17, 15) is 8.76 Å². The van der Waals surface area contributed by atoms with Crippen molar-refractivity contribution in [2.75, 3.05) is 13.1 Å². The van der Waals surface area contributed by atoms with Crippen molar-refractivity contribution < 1.29 is 8.76 Å². The molecule has 7 heteroatoms. The summed E-state index contributed by atoms with van der Waals surface area (Å²) in [5, 5.41) is 0. The molecule has 0 spiro atoms. The Hall–Kier alpha value is -2.45. The standard InChI is InChI=1S/C22H24N4O2S/c27-29(28,22-6-2-1-3-7-22)25-21-5-4-12-26(16-21)15-18-8-10-19(11-9-18)20-13-23-17-24-14-20/h1-3,6-11,13-14,17,21H,4-5,12,15-16H2,(H-,25,27,28). The van der Waals surface area contributed by atoms with Crippen molar-refractivity contribution in [1.29, 1.82) is 0 Å². The summed E-state index contributed by atoms with van der Waals surface area (Å²) < 4.78 is 28.1. The summed E-state index contributed by atoms with van der Waals surface area (Å²) in [5.41, 5.74) is 3.28. The molecule has 6 nitrogen and oxygen atoms in total. The van der Waals surface area contributed by atoms with Gasteiger partial charge in [0.15, 0.2) is 15.3 Å². The number of aromatic nitrogens is 2. The average molecular weight is 409 g/mol. The Morgan fingerprint density at radius 1 is 1.03 bits per heavy atom. The lowest BCUT2D eigenvalue weighted by Crippen LogP contribution is -2.49. The minimum atomic E-state index is -3.48. The van der Waals surface area contributed by atoms with E-state index in [0.717, 1.165) is 37.1 Å². The van der Waals surface area contributed by atoms with E-state index >= 15 is 0 Å². The molecule has 2 aromatic carbocycles. The fourth-order valence-electron chi connectivity index (χ4n) is 3.69. The van der Waals surface area contributed by atoms with Crippen molar-refractivity contribution in [3.8, 4) is 11.1 Å². The Morgan fingerprint density at radius 2 is 1.76 bits per heavy atom. The lowest BCUT2D eigenvalue weighted by Gasteiger charge is -2.33. The van der Waals surface area contributed by atoms with E-state index in [1.165, 1.54) is 11.9 Å². The molecule has 29 heavy (non-hydrogen) atoms. The van der Waals surface area contributed by atoms with Crippen LogP contribution < -0.4 is 4.72 Å². The molecule has 0 aliphatic carbocycles. The van der Waals surface area contributed by atoms with Crippen LogP contribution >= 0.6 is 0 Å². The average Bonchev–Trinajstić information content (AvgIpc) is 2.75. The fourth-order valence-corrected chi connectivity index (χ4v) is 4.97. The molecule has 1 saturated heterocycles. The highest BCUT2D eigenvalue weighted by Gasteiger charge is 2.28. The number of sulfonamides is 1. The molecule has 150 valence electrons. The predicted octanol–water partition coefficient (Wildman–Crippen LogP) is 3.30. The molecule has 1 aromatic heterocycles. The number of piperidine rings is 1. The zero-order valence-electron chi connectivity index (χ0n) is 16.1. The maximum absolute atomic E-state index is 12.6. The number of nitrogens with one attached hydrogen (secondary N) is 1. The topological polar surface area (TPSA) is 81.2 Å². The van der Waals surface area contributed by atoms with Gasteiger partial charge in [0.25, 0.3) is 0 Å². The zero-order chi connectivity index (χ0) is 20.1. The van der Waals surface area contributed by atoms with E-state index < -0.39 is 10.4 Å². The van der Waals surface area contributed by atoms with Crippen LogP contribution in [-0.4, -0.2) is 38.6 Å². The van der Waals surface area contributed by atoms with Crippen molar-refractivity contribution in [3.63, 3.8) is 0 Å². The summed E-state index contributed by atoms with van der Waals surface area (Å²) in [6.45, 7) is 2.48. The van der Waals surface area contributed by atoms with E-state index in [1.807, 2.05) is 6.07 Å². The van der Waals surface area contributed by atoms with E-state index in [-0.39, 0.29) is 6.04 Å². The van der Waals surface area contributed by atoms with Gasteiger partial charge >= 0.3 is 0 Å². The van der Waals surface area contributed by atoms with Crippen LogP contribution in [0.25, 0.3) is 11.1 Å². The highest BCUT2D eigenvalue weighted by Crippen LogP contribution is 2.21. The summed E-state index contributed by atoms with van der Waals surface area (Å²) in [6, 6.07) is 16.9. The van der Waals surface area contributed by atoms with Crippen molar-refractivity contribution in [1.82, 2.24) is 19.6 Å². The third-order valence-electron chi connectivity index (χ3n) is 5.13. The van der Waals surface area contributed by atoms with Gasteiger partial charge in [-0.2, -0.15) is 0 Å². The molecule has 2 atom stereocenters. The highest BCUT2D eigenvalue weighted by atomic mass is 32.3. The first-order valence-corrected chi connectivity index (χ1v) is 11.2. The fraction of sp³-hybridized carbons (Fsp3) is 0.273. The summed E-state index contributed by atoms with van der Waals surface area (Å²) >= 11 is 0. The van der Waals surface area contributed by atoms with Gasteiger partial charge in [0.1, 0.15) is 6.33 Å². The van der Waals surface area contributed by atoms with E-state index in [2.05, 4.69) is 43.9 Å². The Kier molecular flexibility index (Phi) is 6.10. The largest absolute Gasteiger partial charge is 0.593 e. The second-order valence-corrected chi connectivity index (χ2v) is 9.05. The monoisotopic (exact) mass is 408 g/mol. The molecule has 0 saturated carbocycles. The predicted molar refractivity (Wildman–Crippen MR) is 112 cm³/mol. The summed E-state index contributed by atoms with van der Waals surface area (Å²) in [5.74, 6) is 0. The number of rotatable bonds is 6. The smallest absolute Gasteiger partial charge is 0.175 e. The minimum absolute atomic E-state index is 0.0744. The molecule has 1 aliphatic rings. The quantitative estimate of drug-likeness (QED) is 0.633. The first kappa shape index (κ1) is 19.8. The Labute approximate surface area is 172 Å². The number of benzene rings is 2. The van der Waals surface area contributed by atoms with Crippen LogP contribution in [0.4, 0.5) is 0 Å². The van der Waals surface area contributed by atoms with Crippen LogP contribution in [0.5, 0.6) is 0 Å². The number of hydrogen-bond acceptors (Lipinski definition) is 5.